The van der Waals surface area contributed by atoms with Crippen LogP contribution in [0.5, 0.6) is 0 Å². The van der Waals surface area contributed by atoms with E-state index in [0.717, 1.165) is 25.2 Å². The maximum Gasteiger partial charge on any atom is 0.241 e. The van der Waals surface area contributed by atoms with E-state index in [1.807, 2.05) is 0 Å². The third kappa shape index (κ3) is 3.36. The van der Waals surface area contributed by atoms with Crippen LogP contribution in [0.3, 0.4) is 0 Å². The molecule has 3 heteroatoms. The molecule has 0 aromatic carbocycles. The second-order valence-electron chi connectivity index (χ2n) is 7.22. The van der Waals surface area contributed by atoms with Crippen LogP contribution >= 0.6 is 0 Å². The number of hydrogen-bond acceptors (Lipinski definition) is 2. The summed E-state index contributed by atoms with van der Waals surface area (Å²) in [5, 5.41) is 3.61. The minimum absolute atomic E-state index is 0.0691. The Labute approximate surface area is 124 Å². The number of hydrogen-bond donors (Lipinski definition) is 1. The van der Waals surface area contributed by atoms with E-state index < -0.39 is 0 Å². The zero-order valence-corrected chi connectivity index (χ0v) is 13.7. The molecule has 0 spiro atoms. The molecular formula is C17H32N2O. The highest BCUT2D eigenvalue weighted by atomic mass is 16.2. The molecule has 1 saturated heterocycles. The molecule has 2 fully saturated rings. The Morgan fingerprint density at radius 3 is 2.70 bits per heavy atom. The van der Waals surface area contributed by atoms with E-state index in [1.165, 1.54) is 25.7 Å². The van der Waals surface area contributed by atoms with Crippen LogP contribution in [0, 0.1) is 11.8 Å². The largest absolute Gasteiger partial charge is 0.323 e. The molecule has 1 heterocycles. The standard InChI is InChI=1S/C17H32N2O/c1-5-6-10-15-17(20)19(16(18-15)12(2)3)14-9-7-8-13(4)11-14/h12-16,18H,5-11H2,1-4H3. The predicted molar refractivity (Wildman–Crippen MR) is 83.3 cm³/mol. The van der Waals surface area contributed by atoms with Crippen molar-refractivity contribution >= 4 is 5.91 Å². The quantitative estimate of drug-likeness (QED) is 0.835. The molecule has 1 saturated carbocycles. The Hall–Kier alpha value is -0.570. The summed E-state index contributed by atoms with van der Waals surface area (Å²) in [5.41, 5.74) is 0. The van der Waals surface area contributed by atoms with Gasteiger partial charge in [-0.1, -0.05) is 53.4 Å². The molecular weight excluding hydrogens is 248 g/mol. The van der Waals surface area contributed by atoms with E-state index in [9.17, 15) is 4.79 Å². The van der Waals surface area contributed by atoms with Gasteiger partial charge in [-0.15, -0.1) is 0 Å². The Balaban J connectivity index is 2.08. The molecule has 0 radical (unpaired) electrons. The van der Waals surface area contributed by atoms with Gasteiger partial charge in [0.15, 0.2) is 0 Å². The smallest absolute Gasteiger partial charge is 0.241 e. The molecule has 0 aromatic rings. The van der Waals surface area contributed by atoms with Crippen molar-refractivity contribution < 1.29 is 4.79 Å². The molecule has 4 atom stereocenters. The van der Waals surface area contributed by atoms with Crippen molar-refractivity contribution in [2.75, 3.05) is 0 Å². The van der Waals surface area contributed by atoms with Crippen LogP contribution in [-0.2, 0) is 4.79 Å². The number of carbonyl (C=O) groups excluding carboxylic acids is 1. The topological polar surface area (TPSA) is 32.3 Å². The summed E-state index contributed by atoms with van der Waals surface area (Å²) in [5.74, 6) is 1.63. The van der Waals surface area contributed by atoms with Crippen molar-refractivity contribution in [1.29, 1.82) is 0 Å². The maximum atomic E-state index is 12.8. The zero-order chi connectivity index (χ0) is 14.7. The first kappa shape index (κ1) is 15.8. The highest BCUT2D eigenvalue weighted by molar-refractivity contribution is 5.84. The van der Waals surface area contributed by atoms with Crippen molar-refractivity contribution in [2.45, 2.75) is 90.9 Å². The van der Waals surface area contributed by atoms with Gasteiger partial charge in [-0.3, -0.25) is 10.1 Å². The lowest BCUT2D eigenvalue weighted by Crippen LogP contribution is -2.48. The van der Waals surface area contributed by atoms with E-state index in [-0.39, 0.29) is 12.2 Å². The fourth-order valence-corrected chi connectivity index (χ4v) is 3.87. The van der Waals surface area contributed by atoms with Gasteiger partial charge in [-0.25, -0.2) is 0 Å². The number of rotatable bonds is 5. The fourth-order valence-electron chi connectivity index (χ4n) is 3.87. The van der Waals surface area contributed by atoms with Gasteiger partial charge in [0.2, 0.25) is 5.91 Å². The molecule has 0 bridgehead atoms. The van der Waals surface area contributed by atoms with E-state index in [4.69, 9.17) is 0 Å². The van der Waals surface area contributed by atoms with Crippen LogP contribution in [0.2, 0.25) is 0 Å². The summed E-state index contributed by atoms with van der Waals surface area (Å²) >= 11 is 0. The highest BCUT2D eigenvalue weighted by Crippen LogP contribution is 2.32. The molecule has 4 unspecified atom stereocenters. The van der Waals surface area contributed by atoms with Gasteiger partial charge in [-0.05, 0) is 31.1 Å². The van der Waals surface area contributed by atoms with Crippen LogP contribution in [0.25, 0.3) is 0 Å². The summed E-state index contributed by atoms with van der Waals surface area (Å²) in [6, 6.07) is 0.539. The summed E-state index contributed by atoms with van der Waals surface area (Å²) in [6.07, 6.45) is 8.55. The lowest BCUT2D eigenvalue weighted by Gasteiger charge is -2.38. The maximum absolute atomic E-state index is 12.8. The van der Waals surface area contributed by atoms with Crippen molar-refractivity contribution in [3.05, 3.63) is 0 Å². The average Bonchev–Trinajstić information content (AvgIpc) is 2.74. The summed E-state index contributed by atoms with van der Waals surface area (Å²) in [7, 11) is 0. The Bertz CT molecular complexity index is 329. The molecule has 2 rings (SSSR count). The Morgan fingerprint density at radius 1 is 1.35 bits per heavy atom. The molecule has 1 aliphatic heterocycles. The first-order valence-electron chi connectivity index (χ1n) is 8.62. The molecule has 1 amide bonds. The van der Waals surface area contributed by atoms with Gasteiger partial charge in [0.25, 0.3) is 0 Å². The second-order valence-corrected chi connectivity index (χ2v) is 7.22. The summed E-state index contributed by atoms with van der Waals surface area (Å²) in [4.78, 5) is 15.0. The number of nitrogens with zero attached hydrogens (tertiary/aromatic N) is 1. The highest BCUT2D eigenvalue weighted by Gasteiger charge is 2.43. The lowest BCUT2D eigenvalue weighted by molar-refractivity contribution is -0.134. The minimum atomic E-state index is 0.0691. The predicted octanol–water partition coefficient (Wildman–Crippen LogP) is 3.54. The van der Waals surface area contributed by atoms with Crippen molar-refractivity contribution in [3.8, 4) is 0 Å². The van der Waals surface area contributed by atoms with E-state index in [0.29, 0.717) is 17.9 Å². The van der Waals surface area contributed by atoms with Crippen LogP contribution in [0.1, 0.15) is 72.6 Å². The van der Waals surface area contributed by atoms with Gasteiger partial charge in [0.05, 0.1) is 12.2 Å². The normalized spacial score (nSPS) is 35.0. The van der Waals surface area contributed by atoms with Gasteiger partial charge >= 0.3 is 0 Å². The molecule has 3 nitrogen and oxygen atoms in total. The SMILES string of the molecule is CCCCC1NC(C(C)C)N(C2CCCC(C)C2)C1=O. The Morgan fingerprint density at radius 2 is 2.10 bits per heavy atom. The molecule has 1 N–H and O–H groups in total. The minimum Gasteiger partial charge on any atom is -0.323 e. The van der Waals surface area contributed by atoms with Gasteiger partial charge < -0.3 is 4.90 Å². The third-order valence-corrected chi connectivity index (χ3v) is 5.00. The molecule has 116 valence electrons. The van der Waals surface area contributed by atoms with Gasteiger partial charge in [0.1, 0.15) is 0 Å². The Kier molecular flexibility index (Phi) is 5.48. The fraction of sp³-hybridized carbons (Fsp3) is 0.941. The first-order valence-corrected chi connectivity index (χ1v) is 8.62. The van der Waals surface area contributed by atoms with E-state index >= 15 is 0 Å². The van der Waals surface area contributed by atoms with Crippen LogP contribution < -0.4 is 5.32 Å². The number of unbranched alkanes of at least 4 members (excludes halogenated alkanes) is 1. The van der Waals surface area contributed by atoms with Crippen LogP contribution in [0.15, 0.2) is 0 Å². The monoisotopic (exact) mass is 280 g/mol. The molecule has 1 aliphatic carbocycles. The first-order chi connectivity index (χ1) is 9.54. The van der Waals surface area contributed by atoms with Crippen molar-refractivity contribution in [1.82, 2.24) is 10.2 Å². The number of carbonyl (C=O) groups is 1. The summed E-state index contributed by atoms with van der Waals surface area (Å²) in [6.45, 7) is 8.98. The van der Waals surface area contributed by atoms with Crippen molar-refractivity contribution in [2.24, 2.45) is 11.8 Å². The molecule has 2 aliphatic rings. The number of nitrogens with one attached hydrogen (secondary N) is 1. The van der Waals surface area contributed by atoms with E-state index in [2.05, 4.69) is 37.9 Å². The number of amides is 1. The van der Waals surface area contributed by atoms with Gasteiger partial charge in [0, 0.05) is 6.04 Å². The third-order valence-electron chi connectivity index (χ3n) is 5.00. The van der Waals surface area contributed by atoms with Crippen LogP contribution in [-0.4, -0.2) is 29.1 Å². The summed E-state index contributed by atoms with van der Waals surface area (Å²) < 4.78 is 0. The second kappa shape index (κ2) is 6.93. The van der Waals surface area contributed by atoms with E-state index in [1.54, 1.807) is 0 Å². The van der Waals surface area contributed by atoms with Gasteiger partial charge in [-0.2, -0.15) is 0 Å². The average molecular weight is 280 g/mol. The molecule has 0 aromatic heterocycles. The van der Waals surface area contributed by atoms with Crippen LogP contribution in [0.4, 0.5) is 0 Å². The van der Waals surface area contributed by atoms with Crippen molar-refractivity contribution in [3.63, 3.8) is 0 Å². The molecule has 20 heavy (non-hydrogen) atoms. The lowest BCUT2D eigenvalue weighted by atomic mass is 9.85. The zero-order valence-electron chi connectivity index (χ0n) is 13.7.